The second-order valence-corrected chi connectivity index (χ2v) is 3.40. The number of rotatable bonds is 2. The lowest BCUT2D eigenvalue weighted by molar-refractivity contribution is -0.167. The second-order valence-electron chi connectivity index (χ2n) is 3.16. The lowest BCUT2D eigenvalue weighted by atomic mass is 10.1. The van der Waals surface area contributed by atoms with Gasteiger partial charge in [0, 0.05) is 16.6 Å². The molecule has 6 heteroatoms. The van der Waals surface area contributed by atoms with Gasteiger partial charge in [0.15, 0.2) is 0 Å². The molecule has 2 nitrogen and oxygen atoms in total. The highest BCUT2D eigenvalue weighted by Crippen LogP contribution is 2.21. The van der Waals surface area contributed by atoms with E-state index in [4.69, 9.17) is 0 Å². The van der Waals surface area contributed by atoms with Gasteiger partial charge in [-0.2, -0.15) is 13.2 Å². The largest absolute Gasteiger partial charge is 0.471 e. The van der Waals surface area contributed by atoms with Crippen LogP contribution in [0.1, 0.15) is 11.1 Å². The summed E-state index contributed by atoms with van der Waals surface area (Å²) in [5.74, 6) is -2.00. The van der Waals surface area contributed by atoms with Gasteiger partial charge < -0.3 is 5.32 Å². The lowest BCUT2D eigenvalue weighted by Crippen LogP contribution is -2.30. The van der Waals surface area contributed by atoms with E-state index in [1.807, 2.05) is 0 Å². The Labute approximate surface area is 95.5 Å². The third-order valence-corrected chi connectivity index (χ3v) is 2.10. The highest BCUT2D eigenvalue weighted by Gasteiger charge is 2.38. The summed E-state index contributed by atoms with van der Waals surface area (Å²) in [5.41, 5.74) is 1.17. The standard InChI is InChI=1S/C10H8F3NOS/c1-6-2-3-7(5-16)8(4-6)14-9(15)10(11,12)13/h2-5H,1H3,(H,14,15). The molecule has 1 amide bonds. The summed E-state index contributed by atoms with van der Waals surface area (Å²) in [6.45, 7) is 1.70. The maximum atomic E-state index is 12.0. The van der Waals surface area contributed by atoms with Crippen LogP contribution >= 0.6 is 12.2 Å². The second kappa shape index (κ2) is 4.61. The van der Waals surface area contributed by atoms with E-state index in [-0.39, 0.29) is 5.69 Å². The Morgan fingerprint density at radius 2 is 2.06 bits per heavy atom. The first-order chi connectivity index (χ1) is 7.34. The van der Waals surface area contributed by atoms with Gasteiger partial charge in [0.2, 0.25) is 0 Å². The molecule has 1 N–H and O–H groups in total. The minimum Gasteiger partial charge on any atom is -0.318 e. The predicted octanol–water partition coefficient (Wildman–Crippen LogP) is 2.84. The third kappa shape index (κ3) is 3.03. The highest BCUT2D eigenvalue weighted by atomic mass is 32.1. The van der Waals surface area contributed by atoms with E-state index in [1.54, 1.807) is 24.4 Å². The van der Waals surface area contributed by atoms with Crippen LogP contribution < -0.4 is 5.32 Å². The highest BCUT2D eigenvalue weighted by molar-refractivity contribution is 7.79. The van der Waals surface area contributed by atoms with Crippen molar-refractivity contribution in [2.75, 3.05) is 5.32 Å². The Bertz CT molecular complexity index is 429. The summed E-state index contributed by atoms with van der Waals surface area (Å²) in [6, 6.07) is 4.68. The smallest absolute Gasteiger partial charge is 0.318 e. The van der Waals surface area contributed by atoms with Crippen molar-refractivity contribution in [1.29, 1.82) is 0 Å². The molecule has 86 valence electrons. The Morgan fingerprint density at radius 3 is 2.56 bits per heavy atom. The molecule has 0 radical (unpaired) electrons. The minimum absolute atomic E-state index is 0.0670. The molecule has 0 heterocycles. The Balaban J connectivity index is 3.00. The molecule has 0 aromatic heterocycles. The minimum atomic E-state index is -4.90. The van der Waals surface area contributed by atoms with E-state index in [0.29, 0.717) is 5.56 Å². The summed E-state index contributed by atoms with van der Waals surface area (Å²) in [6.07, 6.45) is -4.90. The fourth-order valence-electron chi connectivity index (χ4n) is 1.07. The first-order valence-corrected chi connectivity index (χ1v) is 4.75. The van der Waals surface area contributed by atoms with E-state index >= 15 is 0 Å². The number of carbonyl (C=O) groups excluding carboxylic acids is 1. The van der Waals surface area contributed by atoms with Gasteiger partial charge in [0.05, 0.1) is 0 Å². The van der Waals surface area contributed by atoms with Gasteiger partial charge in [-0.3, -0.25) is 4.79 Å². The zero-order chi connectivity index (χ0) is 12.3. The number of nitrogens with one attached hydrogen (secondary N) is 1. The fraction of sp³-hybridized carbons (Fsp3) is 0.200. The average molecular weight is 247 g/mol. The molecule has 0 aliphatic carbocycles. The first kappa shape index (κ1) is 12.6. The van der Waals surface area contributed by atoms with Crippen molar-refractivity contribution >= 4 is 29.2 Å². The SMILES string of the molecule is Cc1ccc(C=S)c(NC(=O)C(F)(F)F)c1. The average Bonchev–Trinajstić information content (AvgIpc) is 2.16. The molecule has 0 saturated heterocycles. The van der Waals surface area contributed by atoms with E-state index < -0.39 is 12.1 Å². The molecular weight excluding hydrogens is 239 g/mol. The van der Waals surface area contributed by atoms with Crippen LogP contribution in [0.3, 0.4) is 0 Å². The van der Waals surface area contributed by atoms with Gasteiger partial charge in [0.25, 0.3) is 0 Å². The molecule has 0 fully saturated rings. The molecule has 0 aliphatic heterocycles. The number of hydrogen-bond acceptors (Lipinski definition) is 2. The number of carbonyl (C=O) groups is 1. The fourth-order valence-corrected chi connectivity index (χ4v) is 1.28. The zero-order valence-electron chi connectivity index (χ0n) is 8.26. The van der Waals surface area contributed by atoms with Gasteiger partial charge >= 0.3 is 12.1 Å². The van der Waals surface area contributed by atoms with Crippen LogP contribution in [-0.2, 0) is 4.79 Å². The zero-order valence-corrected chi connectivity index (χ0v) is 9.08. The van der Waals surface area contributed by atoms with Gasteiger partial charge in [-0.05, 0) is 18.6 Å². The quantitative estimate of drug-likeness (QED) is 0.814. The van der Waals surface area contributed by atoms with E-state index in [0.717, 1.165) is 5.56 Å². The molecule has 1 aromatic rings. The summed E-state index contributed by atoms with van der Waals surface area (Å²) < 4.78 is 36.1. The molecular formula is C10H8F3NOS. The van der Waals surface area contributed by atoms with Gasteiger partial charge in [-0.1, -0.05) is 24.4 Å². The summed E-state index contributed by atoms with van der Waals surface area (Å²) in [4.78, 5) is 10.7. The van der Waals surface area contributed by atoms with Crippen molar-refractivity contribution in [2.24, 2.45) is 0 Å². The van der Waals surface area contributed by atoms with Crippen molar-refractivity contribution in [3.8, 4) is 0 Å². The van der Waals surface area contributed by atoms with Gasteiger partial charge in [0.1, 0.15) is 0 Å². The molecule has 16 heavy (non-hydrogen) atoms. The van der Waals surface area contributed by atoms with Crippen molar-refractivity contribution < 1.29 is 18.0 Å². The Hall–Kier alpha value is -1.43. The normalized spacial score (nSPS) is 11.0. The van der Waals surface area contributed by atoms with Crippen LogP contribution in [0, 0.1) is 6.92 Å². The van der Waals surface area contributed by atoms with E-state index in [1.165, 1.54) is 11.4 Å². The van der Waals surface area contributed by atoms with Crippen LogP contribution in [0.25, 0.3) is 0 Å². The monoisotopic (exact) mass is 247 g/mol. The van der Waals surface area contributed by atoms with Crippen molar-refractivity contribution in [3.63, 3.8) is 0 Å². The molecule has 0 saturated carbocycles. The number of hydrogen-bond donors (Lipinski definition) is 1. The molecule has 0 atom stereocenters. The number of alkyl halides is 3. The van der Waals surface area contributed by atoms with Crippen LogP contribution in [0.15, 0.2) is 18.2 Å². The molecule has 0 bridgehead atoms. The van der Waals surface area contributed by atoms with Crippen molar-refractivity contribution in [3.05, 3.63) is 29.3 Å². The maximum Gasteiger partial charge on any atom is 0.471 e. The first-order valence-electron chi connectivity index (χ1n) is 4.28. The van der Waals surface area contributed by atoms with Crippen molar-refractivity contribution in [1.82, 2.24) is 0 Å². The maximum absolute atomic E-state index is 12.0. The van der Waals surface area contributed by atoms with Crippen LogP contribution in [0.5, 0.6) is 0 Å². The lowest BCUT2D eigenvalue weighted by Gasteiger charge is -2.10. The number of thiocarbonyl (C=S) groups is 1. The van der Waals surface area contributed by atoms with Gasteiger partial charge in [-0.15, -0.1) is 0 Å². The number of halogens is 3. The molecule has 0 unspecified atom stereocenters. The van der Waals surface area contributed by atoms with Gasteiger partial charge in [-0.25, -0.2) is 0 Å². The molecule has 0 spiro atoms. The van der Waals surface area contributed by atoms with Crippen LogP contribution in [0.4, 0.5) is 18.9 Å². The third-order valence-electron chi connectivity index (χ3n) is 1.84. The molecule has 0 aliphatic rings. The number of anilines is 1. The summed E-state index contributed by atoms with van der Waals surface area (Å²) in [7, 11) is 0. The van der Waals surface area contributed by atoms with E-state index in [9.17, 15) is 18.0 Å². The topological polar surface area (TPSA) is 29.1 Å². The molecule has 1 aromatic carbocycles. The number of benzene rings is 1. The number of amides is 1. The summed E-state index contributed by atoms with van der Waals surface area (Å²) in [5, 5.41) is 2.99. The molecule has 1 rings (SSSR count). The summed E-state index contributed by atoms with van der Waals surface area (Å²) >= 11 is 4.64. The Morgan fingerprint density at radius 1 is 1.44 bits per heavy atom. The van der Waals surface area contributed by atoms with E-state index in [2.05, 4.69) is 12.2 Å². The number of aryl methyl sites for hydroxylation is 1. The Kier molecular flexibility index (Phi) is 3.64. The van der Waals surface area contributed by atoms with Crippen molar-refractivity contribution in [2.45, 2.75) is 13.1 Å². The van der Waals surface area contributed by atoms with Crippen LogP contribution in [-0.4, -0.2) is 17.5 Å². The van der Waals surface area contributed by atoms with Crippen LogP contribution in [0.2, 0.25) is 0 Å². The predicted molar refractivity (Wildman–Crippen MR) is 58.6 cm³/mol.